The van der Waals surface area contributed by atoms with Crippen molar-refractivity contribution in [2.45, 2.75) is 37.8 Å². The molecule has 0 amide bonds. The molecular formula is C11H23N3O. The van der Waals surface area contributed by atoms with Crippen LogP contribution < -0.4 is 5.48 Å². The summed E-state index contributed by atoms with van der Waals surface area (Å²) in [6.45, 7) is 4.85. The molecule has 2 fully saturated rings. The molecule has 88 valence electrons. The molecular weight excluding hydrogens is 190 g/mol. The van der Waals surface area contributed by atoms with Crippen LogP contribution in [0.5, 0.6) is 0 Å². The molecule has 0 unspecified atom stereocenters. The van der Waals surface area contributed by atoms with E-state index in [0.717, 1.165) is 18.9 Å². The molecule has 0 aromatic rings. The van der Waals surface area contributed by atoms with Crippen LogP contribution in [-0.4, -0.2) is 60.3 Å². The van der Waals surface area contributed by atoms with Crippen molar-refractivity contribution in [3.05, 3.63) is 0 Å². The summed E-state index contributed by atoms with van der Waals surface area (Å²) in [4.78, 5) is 5.03. The molecule has 2 aliphatic rings. The molecule has 0 bridgehead atoms. The lowest BCUT2D eigenvalue weighted by Crippen LogP contribution is -2.50. The van der Waals surface area contributed by atoms with Gasteiger partial charge in [-0.25, -0.2) is 5.48 Å². The van der Waals surface area contributed by atoms with Crippen molar-refractivity contribution >= 4 is 0 Å². The fourth-order valence-electron chi connectivity index (χ4n) is 2.76. The van der Waals surface area contributed by atoms with Gasteiger partial charge in [0.05, 0.1) is 0 Å². The summed E-state index contributed by atoms with van der Waals surface area (Å²) in [6, 6.07) is 1.11. The van der Waals surface area contributed by atoms with E-state index in [0.29, 0.717) is 6.04 Å². The molecule has 0 aromatic heterocycles. The van der Waals surface area contributed by atoms with Crippen LogP contribution in [-0.2, 0) is 0 Å². The van der Waals surface area contributed by atoms with Crippen molar-refractivity contribution in [1.82, 2.24) is 15.3 Å². The van der Waals surface area contributed by atoms with Crippen LogP contribution >= 0.6 is 0 Å². The van der Waals surface area contributed by atoms with E-state index < -0.39 is 0 Å². The van der Waals surface area contributed by atoms with Crippen molar-refractivity contribution in [3.8, 4) is 0 Å². The summed E-state index contributed by atoms with van der Waals surface area (Å²) in [5.41, 5.74) is 2.41. The molecule has 0 radical (unpaired) electrons. The van der Waals surface area contributed by atoms with E-state index in [1.165, 1.54) is 39.0 Å². The number of hydroxylamine groups is 1. The zero-order valence-corrected chi connectivity index (χ0v) is 9.65. The van der Waals surface area contributed by atoms with Crippen molar-refractivity contribution in [2.75, 3.05) is 33.2 Å². The van der Waals surface area contributed by atoms with E-state index in [1.54, 1.807) is 0 Å². The van der Waals surface area contributed by atoms with E-state index in [9.17, 15) is 0 Å². The Morgan fingerprint density at radius 3 is 2.13 bits per heavy atom. The molecule has 1 aliphatic heterocycles. The highest BCUT2D eigenvalue weighted by atomic mass is 16.5. The third kappa shape index (κ3) is 2.91. The summed E-state index contributed by atoms with van der Waals surface area (Å²) >= 11 is 0. The Kier molecular flexibility index (Phi) is 3.97. The van der Waals surface area contributed by atoms with Gasteiger partial charge in [-0.3, -0.25) is 4.90 Å². The maximum absolute atomic E-state index is 8.85. The van der Waals surface area contributed by atoms with Gasteiger partial charge >= 0.3 is 0 Å². The topological polar surface area (TPSA) is 38.7 Å². The van der Waals surface area contributed by atoms with Crippen LogP contribution in [0.4, 0.5) is 0 Å². The van der Waals surface area contributed by atoms with Crippen LogP contribution in [0.15, 0.2) is 0 Å². The molecule has 1 aliphatic carbocycles. The van der Waals surface area contributed by atoms with Crippen LogP contribution in [0.25, 0.3) is 0 Å². The van der Waals surface area contributed by atoms with Gasteiger partial charge < -0.3 is 10.1 Å². The number of nitrogens with one attached hydrogen (secondary N) is 1. The second kappa shape index (κ2) is 5.25. The van der Waals surface area contributed by atoms with Crippen LogP contribution in [0, 0.1) is 0 Å². The third-order valence-corrected chi connectivity index (χ3v) is 3.93. The van der Waals surface area contributed by atoms with E-state index >= 15 is 0 Å². The van der Waals surface area contributed by atoms with Gasteiger partial charge in [-0.2, -0.15) is 0 Å². The Hall–Kier alpha value is -0.160. The lowest BCUT2D eigenvalue weighted by atomic mass is 9.90. The van der Waals surface area contributed by atoms with Gasteiger partial charge in [0.15, 0.2) is 0 Å². The van der Waals surface area contributed by atoms with Crippen LogP contribution in [0.3, 0.4) is 0 Å². The average molecular weight is 213 g/mol. The smallest absolute Gasteiger partial charge is 0.0320 e. The Morgan fingerprint density at radius 1 is 1.00 bits per heavy atom. The van der Waals surface area contributed by atoms with Gasteiger partial charge in [-0.1, -0.05) is 0 Å². The lowest BCUT2D eigenvalue weighted by Gasteiger charge is -2.40. The zero-order chi connectivity index (χ0) is 10.7. The second-order valence-corrected chi connectivity index (χ2v) is 4.97. The number of piperazine rings is 1. The SMILES string of the molecule is CN1CCN(C2CCC(NO)CC2)CC1. The lowest BCUT2D eigenvalue weighted by molar-refractivity contribution is 0.0567. The Morgan fingerprint density at radius 2 is 1.60 bits per heavy atom. The van der Waals surface area contributed by atoms with Gasteiger partial charge in [0.1, 0.15) is 0 Å². The molecule has 4 heteroatoms. The molecule has 15 heavy (non-hydrogen) atoms. The first-order valence-electron chi connectivity index (χ1n) is 6.12. The monoisotopic (exact) mass is 213 g/mol. The van der Waals surface area contributed by atoms with E-state index in [4.69, 9.17) is 5.21 Å². The summed E-state index contributed by atoms with van der Waals surface area (Å²) in [5, 5.41) is 8.85. The predicted molar refractivity (Wildman–Crippen MR) is 60.0 cm³/mol. The molecule has 2 rings (SSSR count). The van der Waals surface area contributed by atoms with Crippen molar-refractivity contribution in [2.24, 2.45) is 0 Å². The highest BCUT2D eigenvalue weighted by molar-refractivity contribution is 4.83. The average Bonchev–Trinajstić information content (AvgIpc) is 2.30. The zero-order valence-electron chi connectivity index (χ0n) is 9.65. The van der Waals surface area contributed by atoms with Crippen molar-refractivity contribution < 1.29 is 5.21 Å². The van der Waals surface area contributed by atoms with E-state index in [-0.39, 0.29) is 0 Å². The van der Waals surface area contributed by atoms with Gasteiger partial charge in [0, 0.05) is 38.3 Å². The Labute approximate surface area is 92.2 Å². The molecule has 0 atom stereocenters. The van der Waals surface area contributed by atoms with Crippen LogP contribution in [0.1, 0.15) is 25.7 Å². The minimum absolute atomic E-state index is 0.341. The normalized spacial score (nSPS) is 35.6. The number of nitrogens with zero attached hydrogens (tertiary/aromatic N) is 2. The first kappa shape index (κ1) is 11.3. The quantitative estimate of drug-likeness (QED) is 0.656. The summed E-state index contributed by atoms with van der Waals surface area (Å²) in [6.07, 6.45) is 4.71. The molecule has 2 N–H and O–H groups in total. The Bertz CT molecular complexity index is 184. The van der Waals surface area contributed by atoms with Gasteiger partial charge in [-0.15, -0.1) is 0 Å². The maximum Gasteiger partial charge on any atom is 0.0320 e. The Balaban J connectivity index is 1.75. The van der Waals surface area contributed by atoms with Crippen molar-refractivity contribution in [3.63, 3.8) is 0 Å². The first-order valence-corrected chi connectivity index (χ1v) is 6.12. The third-order valence-electron chi connectivity index (χ3n) is 3.93. The fourth-order valence-corrected chi connectivity index (χ4v) is 2.76. The van der Waals surface area contributed by atoms with Crippen molar-refractivity contribution in [1.29, 1.82) is 0 Å². The van der Waals surface area contributed by atoms with Gasteiger partial charge in [0.25, 0.3) is 0 Å². The van der Waals surface area contributed by atoms with Gasteiger partial charge in [0.2, 0.25) is 0 Å². The predicted octanol–water partition coefficient (Wildman–Crippen LogP) is 0.524. The highest BCUT2D eigenvalue weighted by Gasteiger charge is 2.27. The minimum Gasteiger partial charge on any atom is -0.317 e. The second-order valence-electron chi connectivity index (χ2n) is 4.97. The first-order chi connectivity index (χ1) is 7.29. The molecule has 0 aromatic carbocycles. The van der Waals surface area contributed by atoms with E-state index in [1.807, 2.05) is 0 Å². The molecule has 4 nitrogen and oxygen atoms in total. The largest absolute Gasteiger partial charge is 0.317 e. The summed E-state index contributed by atoms with van der Waals surface area (Å²) in [7, 11) is 2.20. The van der Waals surface area contributed by atoms with Gasteiger partial charge in [-0.05, 0) is 32.7 Å². The minimum atomic E-state index is 0.341. The number of hydrogen-bond donors (Lipinski definition) is 2. The van der Waals surface area contributed by atoms with E-state index in [2.05, 4.69) is 22.3 Å². The standard InChI is InChI=1S/C11H23N3O/c1-13-6-8-14(9-7-13)11-4-2-10(12-15)3-5-11/h10-12,15H,2-9H2,1H3. The number of likely N-dealkylation sites (N-methyl/N-ethyl adjacent to an activating group) is 1. The summed E-state index contributed by atoms with van der Waals surface area (Å²) < 4.78 is 0. The molecule has 1 saturated carbocycles. The maximum atomic E-state index is 8.85. The highest BCUT2D eigenvalue weighted by Crippen LogP contribution is 2.23. The fraction of sp³-hybridized carbons (Fsp3) is 1.00. The summed E-state index contributed by atoms with van der Waals surface area (Å²) in [5.74, 6) is 0. The number of hydrogen-bond acceptors (Lipinski definition) is 4. The molecule has 1 heterocycles. The number of rotatable bonds is 2. The molecule has 0 spiro atoms. The molecule has 1 saturated heterocycles. The van der Waals surface area contributed by atoms with Crippen LogP contribution in [0.2, 0.25) is 0 Å².